The van der Waals surface area contributed by atoms with Crippen LogP contribution in [0.3, 0.4) is 0 Å². The van der Waals surface area contributed by atoms with Crippen LogP contribution in [0, 0.1) is 20.2 Å². The van der Waals surface area contributed by atoms with E-state index in [1.807, 2.05) is 0 Å². The molecule has 3 aromatic rings. The number of non-ortho nitro benzene ring substituents is 1. The molecule has 0 saturated heterocycles. The molecule has 0 aliphatic carbocycles. The van der Waals surface area contributed by atoms with Gasteiger partial charge in [-0.05, 0) is 25.1 Å². The highest BCUT2D eigenvalue weighted by Crippen LogP contribution is 2.37. The number of nitrogens with zero attached hydrogens (tertiary/aromatic N) is 2. The Morgan fingerprint density at radius 1 is 1.16 bits per heavy atom. The van der Waals surface area contributed by atoms with Gasteiger partial charge in [-0.2, -0.15) is 0 Å². The number of hydrogen-bond donors (Lipinski definition) is 1. The van der Waals surface area contributed by atoms with E-state index in [1.54, 1.807) is 19.1 Å². The summed E-state index contributed by atoms with van der Waals surface area (Å²) < 4.78 is 5.33. The Morgan fingerprint density at radius 3 is 2.44 bits per heavy atom. The molecule has 2 aromatic carbocycles. The number of benzene rings is 2. The first-order valence-electron chi connectivity index (χ1n) is 7.09. The van der Waals surface area contributed by atoms with E-state index in [0.717, 1.165) is 6.07 Å². The van der Waals surface area contributed by atoms with Crippen LogP contribution < -0.4 is 10.2 Å². The van der Waals surface area contributed by atoms with Crippen molar-refractivity contribution >= 4 is 44.8 Å². The van der Waals surface area contributed by atoms with Gasteiger partial charge in [-0.25, -0.2) is 0 Å². The Labute approximate surface area is 144 Å². The lowest BCUT2D eigenvalue weighted by Crippen LogP contribution is -2.08. The van der Waals surface area contributed by atoms with Crippen molar-refractivity contribution in [3.63, 3.8) is 0 Å². The molecule has 0 aliphatic rings. The first-order chi connectivity index (χ1) is 11.8. The lowest BCUT2D eigenvalue weighted by Gasteiger charge is -2.08. The van der Waals surface area contributed by atoms with Crippen LogP contribution in [0.5, 0.6) is 5.75 Å². The van der Waals surface area contributed by atoms with E-state index in [0.29, 0.717) is 17.9 Å². The second kappa shape index (κ2) is 6.02. The van der Waals surface area contributed by atoms with Gasteiger partial charge >= 0.3 is 0 Å². The molecule has 25 heavy (non-hydrogen) atoms. The van der Waals surface area contributed by atoms with Gasteiger partial charge in [-0.15, -0.1) is 0 Å². The SMILES string of the molecule is CCOc1ccc2[nH]c3c([N+](=O)[O-])cc([N+](=O)[O-])c(Cl)c3c(=O)c2c1. The second-order valence-electron chi connectivity index (χ2n) is 5.09. The molecule has 0 bridgehead atoms. The van der Waals surface area contributed by atoms with E-state index < -0.39 is 31.7 Å². The first-order valence-corrected chi connectivity index (χ1v) is 7.46. The van der Waals surface area contributed by atoms with Crippen molar-refractivity contribution in [2.24, 2.45) is 0 Å². The maximum absolute atomic E-state index is 12.8. The van der Waals surface area contributed by atoms with E-state index in [9.17, 15) is 25.0 Å². The number of hydrogen-bond acceptors (Lipinski definition) is 6. The molecular formula is C15H10ClN3O6. The average molecular weight is 364 g/mol. The third-order valence-corrected chi connectivity index (χ3v) is 4.03. The van der Waals surface area contributed by atoms with Crippen LogP contribution in [-0.4, -0.2) is 21.4 Å². The van der Waals surface area contributed by atoms with Gasteiger partial charge in [0.1, 0.15) is 16.3 Å². The fourth-order valence-electron chi connectivity index (χ4n) is 2.59. The largest absolute Gasteiger partial charge is 0.494 e. The van der Waals surface area contributed by atoms with Crippen LogP contribution in [0.1, 0.15) is 6.92 Å². The number of pyridine rings is 1. The van der Waals surface area contributed by atoms with Crippen LogP contribution in [0.15, 0.2) is 29.1 Å². The van der Waals surface area contributed by atoms with Gasteiger partial charge in [0, 0.05) is 5.39 Å². The Balaban J connectivity index is 2.52. The maximum Gasteiger partial charge on any atom is 0.300 e. The van der Waals surface area contributed by atoms with Crippen molar-refractivity contribution < 1.29 is 14.6 Å². The number of nitro benzene ring substituents is 2. The Morgan fingerprint density at radius 2 is 1.84 bits per heavy atom. The number of nitrogens with one attached hydrogen (secondary N) is 1. The van der Waals surface area contributed by atoms with Crippen molar-refractivity contribution in [1.29, 1.82) is 0 Å². The van der Waals surface area contributed by atoms with Crippen molar-refractivity contribution in [3.8, 4) is 5.75 Å². The van der Waals surface area contributed by atoms with Gasteiger partial charge in [0.25, 0.3) is 11.4 Å². The summed E-state index contributed by atoms with van der Waals surface area (Å²) in [6.07, 6.45) is 0. The van der Waals surface area contributed by atoms with Crippen LogP contribution in [0.4, 0.5) is 11.4 Å². The van der Waals surface area contributed by atoms with Crippen molar-refractivity contribution in [1.82, 2.24) is 4.98 Å². The molecule has 0 atom stereocenters. The quantitative estimate of drug-likeness (QED) is 0.428. The summed E-state index contributed by atoms with van der Waals surface area (Å²) in [5.74, 6) is 0.427. The maximum atomic E-state index is 12.8. The summed E-state index contributed by atoms with van der Waals surface area (Å²) in [4.78, 5) is 36.3. The number of fused-ring (bicyclic) bond motifs is 2. The highest BCUT2D eigenvalue weighted by molar-refractivity contribution is 6.38. The van der Waals surface area contributed by atoms with Gasteiger partial charge in [0.2, 0.25) is 0 Å². The van der Waals surface area contributed by atoms with Gasteiger partial charge < -0.3 is 9.72 Å². The van der Waals surface area contributed by atoms with E-state index in [2.05, 4.69) is 4.98 Å². The number of halogens is 1. The van der Waals surface area contributed by atoms with Crippen molar-refractivity contribution in [3.05, 3.63) is 59.7 Å². The normalized spacial score (nSPS) is 11.0. The molecule has 0 unspecified atom stereocenters. The summed E-state index contributed by atoms with van der Waals surface area (Å²) in [5, 5.41) is 21.8. The molecule has 1 N–H and O–H groups in total. The molecule has 0 saturated carbocycles. The molecule has 0 radical (unpaired) electrons. The summed E-state index contributed by atoms with van der Waals surface area (Å²) in [6.45, 7) is 2.16. The standard InChI is InChI=1S/C15H10ClN3O6/c1-2-25-7-3-4-9-8(5-7)15(20)12-13(16)10(18(21)22)6-11(19(23)24)14(12)17-9/h3-6H,2H2,1H3,(H,17,20). The van der Waals surface area contributed by atoms with Crippen molar-refractivity contribution in [2.45, 2.75) is 6.92 Å². The summed E-state index contributed by atoms with van der Waals surface area (Å²) in [5.41, 5.74) is -1.79. The zero-order valence-electron chi connectivity index (χ0n) is 12.7. The van der Waals surface area contributed by atoms with Gasteiger partial charge in [-0.3, -0.25) is 25.0 Å². The zero-order valence-corrected chi connectivity index (χ0v) is 13.5. The highest BCUT2D eigenvalue weighted by atomic mass is 35.5. The Hall–Kier alpha value is -3.20. The molecule has 1 heterocycles. The van der Waals surface area contributed by atoms with E-state index >= 15 is 0 Å². The summed E-state index contributed by atoms with van der Waals surface area (Å²) >= 11 is 6.00. The van der Waals surface area contributed by atoms with Gasteiger partial charge in [0.15, 0.2) is 5.43 Å². The van der Waals surface area contributed by atoms with Gasteiger partial charge in [-0.1, -0.05) is 11.6 Å². The molecule has 3 rings (SSSR count). The third-order valence-electron chi connectivity index (χ3n) is 3.65. The zero-order chi connectivity index (χ0) is 18.3. The monoisotopic (exact) mass is 363 g/mol. The lowest BCUT2D eigenvalue weighted by molar-refractivity contribution is -0.393. The van der Waals surface area contributed by atoms with Crippen LogP contribution in [0.25, 0.3) is 21.8 Å². The molecule has 0 fully saturated rings. The molecule has 128 valence electrons. The molecule has 0 amide bonds. The number of ether oxygens (including phenoxy) is 1. The lowest BCUT2D eigenvalue weighted by atomic mass is 10.1. The smallest absolute Gasteiger partial charge is 0.300 e. The van der Waals surface area contributed by atoms with Crippen LogP contribution in [-0.2, 0) is 0 Å². The fourth-order valence-corrected chi connectivity index (χ4v) is 2.90. The minimum absolute atomic E-state index is 0.162. The number of rotatable bonds is 4. The third kappa shape index (κ3) is 2.64. The number of nitro groups is 2. The molecular weight excluding hydrogens is 354 g/mol. The second-order valence-corrected chi connectivity index (χ2v) is 5.47. The molecule has 9 nitrogen and oxygen atoms in total. The van der Waals surface area contributed by atoms with E-state index in [-0.39, 0.29) is 16.3 Å². The van der Waals surface area contributed by atoms with E-state index in [4.69, 9.17) is 16.3 Å². The predicted octanol–water partition coefficient (Wildman–Crippen LogP) is 3.55. The molecule has 0 spiro atoms. The molecule has 0 aliphatic heterocycles. The first kappa shape index (κ1) is 16.7. The number of aromatic amines is 1. The number of H-pyrrole nitrogens is 1. The molecule has 10 heteroatoms. The average Bonchev–Trinajstić information content (AvgIpc) is 2.55. The summed E-state index contributed by atoms with van der Waals surface area (Å²) in [6, 6.07) is 5.34. The number of aromatic nitrogens is 1. The van der Waals surface area contributed by atoms with E-state index in [1.165, 1.54) is 6.07 Å². The summed E-state index contributed by atoms with van der Waals surface area (Å²) in [7, 11) is 0. The fraction of sp³-hybridized carbons (Fsp3) is 0.133. The Bertz CT molecular complexity index is 1110. The predicted molar refractivity (Wildman–Crippen MR) is 91.6 cm³/mol. The minimum Gasteiger partial charge on any atom is -0.494 e. The van der Waals surface area contributed by atoms with Gasteiger partial charge in [0.05, 0.1) is 33.4 Å². The topological polar surface area (TPSA) is 128 Å². The molecule has 1 aromatic heterocycles. The Kier molecular flexibility index (Phi) is 4.01. The van der Waals surface area contributed by atoms with Crippen LogP contribution in [0.2, 0.25) is 5.02 Å². The highest BCUT2D eigenvalue weighted by Gasteiger charge is 2.27. The van der Waals surface area contributed by atoms with Crippen LogP contribution >= 0.6 is 11.6 Å². The van der Waals surface area contributed by atoms with Crippen molar-refractivity contribution in [2.75, 3.05) is 6.61 Å². The minimum atomic E-state index is -0.866.